The van der Waals surface area contributed by atoms with Gasteiger partial charge in [-0.1, -0.05) is 11.8 Å². The molecule has 0 radical (unpaired) electrons. The lowest BCUT2D eigenvalue weighted by Crippen LogP contribution is -2.38. The van der Waals surface area contributed by atoms with Crippen LogP contribution in [0.25, 0.3) is 0 Å². The number of amides is 1. The molecule has 3 heterocycles. The van der Waals surface area contributed by atoms with Crippen LogP contribution in [0.15, 0.2) is 20.8 Å². The number of thioether (sulfide) groups is 1. The first kappa shape index (κ1) is 20.3. The maximum atomic E-state index is 12.6. The monoisotopic (exact) mass is 415 g/mol. The molecule has 0 aromatic carbocycles. The third-order valence-corrected chi connectivity index (χ3v) is 6.56. The van der Waals surface area contributed by atoms with Crippen LogP contribution < -0.4 is 5.32 Å². The average Bonchev–Trinajstić information content (AvgIpc) is 3.20. The van der Waals surface area contributed by atoms with Crippen LogP contribution in [0.2, 0.25) is 0 Å². The SMILES string of the molecule is Cc1nc(CN2CCC(CNC(=O)c3sccc3SC(F)F)CC2)oc1C. The molecule has 2 aromatic rings. The van der Waals surface area contributed by atoms with E-state index >= 15 is 0 Å². The Morgan fingerprint density at radius 3 is 2.81 bits per heavy atom. The molecule has 1 saturated heterocycles. The number of oxazole rings is 1. The summed E-state index contributed by atoms with van der Waals surface area (Å²) in [5, 5.41) is 4.58. The van der Waals surface area contributed by atoms with Crippen LogP contribution in [0.1, 0.15) is 39.9 Å². The lowest BCUT2D eigenvalue weighted by molar-refractivity contribution is 0.0935. The highest BCUT2D eigenvalue weighted by Gasteiger charge is 2.23. The predicted octanol–water partition coefficient (Wildman–Crippen LogP) is 4.31. The number of nitrogens with zero attached hydrogens (tertiary/aromatic N) is 2. The van der Waals surface area contributed by atoms with Crippen LogP contribution >= 0.6 is 23.1 Å². The van der Waals surface area contributed by atoms with Gasteiger partial charge in [0.15, 0.2) is 0 Å². The molecule has 0 saturated carbocycles. The lowest BCUT2D eigenvalue weighted by atomic mass is 9.97. The molecule has 1 amide bonds. The Labute approximate surface area is 165 Å². The fourth-order valence-electron chi connectivity index (χ4n) is 3.12. The molecule has 3 rings (SSSR count). The Morgan fingerprint density at radius 1 is 1.44 bits per heavy atom. The van der Waals surface area contributed by atoms with E-state index in [0.717, 1.165) is 43.3 Å². The second kappa shape index (κ2) is 9.16. The normalized spacial score (nSPS) is 16.2. The quantitative estimate of drug-likeness (QED) is 0.683. The van der Waals surface area contributed by atoms with Gasteiger partial charge in [-0.2, -0.15) is 8.78 Å². The molecule has 0 unspecified atom stereocenters. The van der Waals surface area contributed by atoms with E-state index in [0.29, 0.717) is 40.5 Å². The van der Waals surface area contributed by atoms with Gasteiger partial charge in [-0.25, -0.2) is 4.98 Å². The van der Waals surface area contributed by atoms with Gasteiger partial charge < -0.3 is 9.73 Å². The topological polar surface area (TPSA) is 58.4 Å². The predicted molar refractivity (Wildman–Crippen MR) is 102 cm³/mol. The first-order valence-electron chi connectivity index (χ1n) is 8.88. The van der Waals surface area contributed by atoms with E-state index in [9.17, 15) is 13.6 Å². The zero-order chi connectivity index (χ0) is 19.4. The molecule has 0 spiro atoms. The van der Waals surface area contributed by atoms with E-state index in [1.807, 2.05) is 13.8 Å². The number of hydrogen-bond acceptors (Lipinski definition) is 6. The Kier molecular flexibility index (Phi) is 6.88. The number of halogens is 2. The number of piperidine rings is 1. The van der Waals surface area contributed by atoms with Gasteiger partial charge in [0.2, 0.25) is 5.89 Å². The molecule has 0 bridgehead atoms. The van der Waals surface area contributed by atoms with Crippen molar-refractivity contribution in [2.45, 2.75) is 43.9 Å². The Bertz CT molecular complexity index is 751. The van der Waals surface area contributed by atoms with Gasteiger partial charge in [0.1, 0.15) is 10.6 Å². The molecule has 0 aliphatic carbocycles. The van der Waals surface area contributed by atoms with Gasteiger partial charge in [0.25, 0.3) is 11.7 Å². The van der Waals surface area contributed by atoms with Crippen molar-refractivity contribution in [2.75, 3.05) is 19.6 Å². The van der Waals surface area contributed by atoms with Gasteiger partial charge in [0.05, 0.1) is 12.2 Å². The Hall–Kier alpha value is -1.45. The van der Waals surface area contributed by atoms with Crippen molar-refractivity contribution in [1.29, 1.82) is 0 Å². The third kappa shape index (κ3) is 5.52. The Balaban J connectivity index is 1.43. The maximum absolute atomic E-state index is 12.6. The summed E-state index contributed by atoms with van der Waals surface area (Å²) >= 11 is 1.62. The summed E-state index contributed by atoms with van der Waals surface area (Å²) < 4.78 is 30.7. The molecule has 1 N–H and O–H groups in total. The highest BCUT2D eigenvalue weighted by Crippen LogP contribution is 2.32. The summed E-state index contributed by atoms with van der Waals surface area (Å²) in [5.41, 5.74) is 0.931. The maximum Gasteiger partial charge on any atom is 0.288 e. The van der Waals surface area contributed by atoms with E-state index in [1.165, 1.54) is 11.3 Å². The standard InChI is InChI=1S/C18H23F2N3O2S2/c1-11-12(2)25-15(22-11)10-23-6-3-13(4-7-23)9-21-17(24)16-14(5-8-26-16)27-18(19)20/h5,8,13,18H,3-4,6-7,9-10H2,1-2H3,(H,21,24). The number of carbonyl (C=O) groups excluding carboxylic acids is 1. The number of carbonyl (C=O) groups is 1. The van der Waals surface area contributed by atoms with Gasteiger partial charge in [-0.05, 0) is 57.1 Å². The molecule has 27 heavy (non-hydrogen) atoms. The number of nitrogens with one attached hydrogen (secondary N) is 1. The summed E-state index contributed by atoms with van der Waals surface area (Å²) in [6.07, 6.45) is 1.95. The van der Waals surface area contributed by atoms with Crippen molar-refractivity contribution in [1.82, 2.24) is 15.2 Å². The van der Waals surface area contributed by atoms with Crippen molar-refractivity contribution in [3.05, 3.63) is 33.7 Å². The first-order valence-corrected chi connectivity index (χ1v) is 10.6. The molecule has 2 aromatic heterocycles. The summed E-state index contributed by atoms with van der Waals surface area (Å²) in [7, 11) is 0. The molecule has 0 atom stereocenters. The second-order valence-electron chi connectivity index (χ2n) is 6.67. The molecule has 148 valence electrons. The lowest BCUT2D eigenvalue weighted by Gasteiger charge is -2.31. The van der Waals surface area contributed by atoms with E-state index in [2.05, 4.69) is 15.2 Å². The van der Waals surface area contributed by atoms with Crippen LogP contribution in [0.4, 0.5) is 8.78 Å². The number of alkyl halides is 2. The fourth-order valence-corrected chi connectivity index (χ4v) is 4.73. The fraction of sp³-hybridized carbons (Fsp3) is 0.556. The second-order valence-corrected chi connectivity index (χ2v) is 8.62. The largest absolute Gasteiger partial charge is 0.444 e. The van der Waals surface area contributed by atoms with Gasteiger partial charge >= 0.3 is 0 Å². The summed E-state index contributed by atoms with van der Waals surface area (Å²) in [5.74, 6) is -0.781. The van der Waals surface area contributed by atoms with E-state index in [-0.39, 0.29) is 5.91 Å². The molecule has 9 heteroatoms. The van der Waals surface area contributed by atoms with E-state index in [1.54, 1.807) is 11.4 Å². The van der Waals surface area contributed by atoms with Crippen molar-refractivity contribution < 1.29 is 18.0 Å². The van der Waals surface area contributed by atoms with Crippen molar-refractivity contribution in [3.63, 3.8) is 0 Å². The van der Waals surface area contributed by atoms with Crippen LogP contribution in [-0.2, 0) is 6.54 Å². The highest BCUT2D eigenvalue weighted by molar-refractivity contribution is 7.99. The molecule has 1 aliphatic heterocycles. The number of aryl methyl sites for hydroxylation is 2. The molecule has 1 fully saturated rings. The minimum Gasteiger partial charge on any atom is -0.444 e. The van der Waals surface area contributed by atoms with Gasteiger partial charge in [-0.15, -0.1) is 11.3 Å². The van der Waals surface area contributed by atoms with Crippen molar-refractivity contribution in [2.24, 2.45) is 5.92 Å². The number of aromatic nitrogens is 1. The van der Waals surface area contributed by atoms with E-state index < -0.39 is 5.76 Å². The number of thiophene rings is 1. The minimum absolute atomic E-state index is 0.263. The smallest absolute Gasteiger partial charge is 0.288 e. The van der Waals surface area contributed by atoms with E-state index in [4.69, 9.17) is 4.42 Å². The Morgan fingerprint density at radius 2 is 2.19 bits per heavy atom. The van der Waals surface area contributed by atoms with Gasteiger partial charge in [-0.3, -0.25) is 9.69 Å². The molecule has 5 nitrogen and oxygen atoms in total. The minimum atomic E-state index is -2.52. The van der Waals surface area contributed by atoms with Crippen LogP contribution in [0.5, 0.6) is 0 Å². The zero-order valence-electron chi connectivity index (χ0n) is 15.3. The summed E-state index contributed by atoms with van der Waals surface area (Å²) in [6, 6.07) is 1.57. The van der Waals surface area contributed by atoms with Crippen LogP contribution in [0.3, 0.4) is 0 Å². The van der Waals surface area contributed by atoms with Gasteiger partial charge in [0, 0.05) is 11.4 Å². The first-order chi connectivity index (χ1) is 12.9. The molecular weight excluding hydrogens is 392 g/mol. The summed E-state index contributed by atoms with van der Waals surface area (Å²) in [4.78, 5) is 19.7. The third-order valence-electron chi connectivity index (χ3n) is 4.74. The van der Waals surface area contributed by atoms with Crippen LogP contribution in [0, 0.1) is 19.8 Å². The number of hydrogen-bond donors (Lipinski definition) is 1. The van der Waals surface area contributed by atoms with Crippen LogP contribution in [-0.4, -0.2) is 41.2 Å². The van der Waals surface area contributed by atoms with Crippen molar-refractivity contribution in [3.8, 4) is 0 Å². The zero-order valence-corrected chi connectivity index (χ0v) is 17.0. The number of likely N-dealkylation sites (tertiary alicyclic amines) is 1. The molecular formula is C18H23F2N3O2S2. The number of rotatable bonds is 7. The average molecular weight is 416 g/mol. The van der Waals surface area contributed by atoms with Crippen molar-refractivity contribution >= 4 is 29.0 Å². The summed E-state index contributed by atoms with van der Waals surface area (Å²) in [6.45, 7) is 6.98. The molecule has 1 aliphatic rings. The highest BCUT2D eigenvalue weighted by atomic mass is 32.2.